The predicted molar refractivity (Wildman–Crippen MR) is 82.1 cm³/mol. The summed E-state index contributed by atoms with van der Waals surface area (Å²) < 4.78 is 1.13. The van der Waals surface area contributed by atoms with Crippen molar-refractivity contribution in [3.05, 3.63) is 77.0 Å². The Morgan fingerprint density at radius 1 is 0.850 bits per heavy atom. The number of hydrogen-bond donors (Lipinski definition) is 0. The molecule has 0 aromatic heterocycles. The maximum Gasteiger partial charge on any atom is 0.174 e. The summed E-state index contributed by atoms with van der Waals surface area (Å²) in [5.41, 5.74) is 2.00. The molecule has 0 radical (unpaired) electrons. The molecule has 1 heterocycles. The van der Waals surface area contributed by atoms with Gasteiger partial charge in [-0.1, -0.05) is 60.7 Å². The van der Waals surface area contributed by atoms with Gasteiger partial charge < -0.3 is 5.21 Å². The standard InChI is InChI=1S/C18H19NO/c1-18(2)17(15-11-7-4-8-12-15)16(13-19(18)20)14-9-5-3-6-10-14/h3-13,16-17H,1-2H3. The summed E-state index contributed by atoms with van der Waals surface area (Å²) in [7, 11) is 0. The lowest BCUT2D eigenvalue weighted by atomic mass is 9.74. The third kappa shape index (κ3) is 2.01. The van der Waals surface area contributed by atoms with E-state index in [-0.39, 0.29) is 11.8 Å². The van der Waals surface area contributed by atoms with E-state index in [9.17, 15) is 5.21 Å². The van der Waals surface area contributed by atoms with Gasteiger partial charge in [-0.3, -0.25) is 0 Å². The molecule has 0 fully saturated rings. The van der Waals surface area contributed by atoms with E-state index in [1.54, 1.807) is 0 Å². The summed E-state index contributed by atoms with van der Waals surface area (Å²) in [6.07, 6.45) is 1.83. The summed E-state index contributed by atoms with van der Waals surface area (Å²) in [4.78, 5) is 0. The number of nitrogens with zero attached hydrogens (tertiary/aromatic N) is 1. The quantitative estimate of drug-likeness (QED) is 0.597. The summed E-state index contributed by atoms with van der Waals surface area (Å²) in [6.45, 7) is 4.05. The highest BCUT2D eigenvalue weighted by Gasteiger charge is 2.49. The van der Waals surface area contributed by atoms with Crippen LogP contribution in [0, 0.1) is 5.21 Å². The van der Waals surface area contributed by atoms with Crippen molar-refractivity contribution >= 4 is 6.21 Å². The van der Waals surface area contributed by atoms with E-state index in [0.29, 0.717) is 0 Å². The zero-order chi connectivity index (χ0) is 14.2. The minimum atomic E-state index is -0.429. The molecule has 1 aliphatic rings. The van der Waals surface area contributed by atoms with E-state index in [1.807, 2.05) is 56.5 Å². The zero-order valence-corrected chi connectivity index (χ0v) is 11.9. The Labute approximate surface area is 120 Å². The van der Waals surface area contributed by atoms with Gasteiger partial charge >= 0.3 is 0 Å². The summed E-state index contributed by atoms with van der Waals surface area (Å²) in [5.74, 6) is 0.301. The van der Waals surface area contributed by atoms with Gasteiger partial charge in [0.25, 0.3) is 0 Å². The Morgan fingerprint density at radius 3 is 1.90 bits per heavy atom. The van der Waals surface area contributed by atoms with E-state index in [2.05, 4.69) is 24.3 Å². The van der Waals surface area contributed by atoms with Crippen LogP contribution < -0.4 is 0 Å². The molecular weight excluding hydrogens is 246 g/mol. The summed E-state index contributed by atoms with van der Waals surface area (Å²) in [6, 6.07) is 20.6. The van der Waals surface area contributed by atoms with Crippen molar-refractivity contribution in [2.75, 3.05) is 0 Å². The molecule has 0 N–H and O–H groups in total. The number of rotatable bonds is 2. The van der Waals surface area contributed by atoms with Crippen LogP contribution in [0.2, 0.25) is 0 Å². The Hall–Kier alpha value is -2.09. The molecule has 0 saturated carbocycles. The van der Waals surface area contributed by atoms with Crippen LogP contribution in [0.5, 0.6) is 0 Å². The molecule has 2 aromatic rings. The average molecular weight is 265 g/mol. The van der Waals surface area contributed by atoms with Crippen molar-refractivity contribution in [3.63, 3.8) is 0 Å². The third-order valence-electron chi connectivity index (χ3n) is 4.33. The van der Waals surface area contributed by atoms with Gasteiger partial charge in [0.2, 0.25) is 0 Å². The second-order valence-electron chi connectivity index (χ2n) is 5.95. The average Bonchev–Trinajstić information content (AvgIpc) is 2.71. The van der Waals surface area contributed by atoms with Crippen LogP contribution in [0.4, 0.5) is 0 Å². The van der Waals surface area contributed by atoms with Gasteiger partial charge in [-0.05, 0) is 11.1 Å². The Morgan fingerprint density at radius 2 is 1.35 bits per heavy atom. The first kappa shape index (κ1) is 12.9. The SMILES string of the molecule is CC1(C)C(c2ccccc2)C(c2ccccc2)C=[N+]1[O-]. The van der Waals surface area contributed by atoms with Crippen LogP contribution >= 0.6 is 0 Å². The van der Waals surface area contributed by atoms with Crippen molar-refractivity contribution in [2.45, 2.75) is 31.2 Å². The molecule has 0 aliphatic carbocycles. The van der Waals surface area contributed by atoms with E-state index in [1.165, 1.54) is 11.1 Å². The van der Waals surface area contributed by atoms with Gasteiger partial charge in [0.05, 0.1) is 11.8 Å². The van der Waals surface area contributed by atoms with Crippen molar-refractivity contribution in [1.29, 1.82) is 0 Å². The minimum absolute atomic E-state index is 0.131. The van der Waals surface area contributed by atoms with Crippen LogP contribution in [-0.4, -0.2) is 16.5 Å². The maximum atomic E-state index is 12.3. The van der Waals surface area contributed by atoms with Gasteiger partial charge in [-0.15, -0.1) is 0 Å². The van der Waals surface area contributed by atoms with Crippen molar-refractivity contribution in [3.8, 4) is 0 Å². The number of hydroxylamine groups is 1. The monoisotopic (exact) mass is 265 g/mol. The van der Waals surface area contributed by atoms with Gasteiger partial charge in [-0.2, -0.15) is 0 Å². The highest BCUT2D eigenvalue weighted by molar-refractivity contribution is 5.68. The topological polar surface area (TPSA) is 26.1 Å². The first-order valence-corrected chi connectivity index (χ1v) is 7.02. The fourth-order valence-corrected chi connectivity index (χ4v) is 3.23. The molecule has 2 heteroatoms. The Bertz CT molecular complexity index is 616. The summed E-state index contributed by atoms with van der Waals surface area (Å²) in [5, 5.41) is 12.3. The lowest BCUT2D eigenvalue weighted by molar-refractivity contribution is -0.530. The minimum Gasteiger partial charge on any atom is -0.624 e. The summed E-state index contributed by atoms with van der Waals surface area (Å²) >= 11 is 0. The predicted octanol–water partition coefficient (Wildman–Crippen LogP) is 3.93. The largest absolute Gasteiger partial charge is 0.624 e. The molecule has 2 atom stereocenters. The normalized spacial score (nSPS) is 24.4. The molecule has 102 valence electrons. The van der Waals surface area contributed by atoms with Crippen LogP contribution in [0.15, 0.2) is 60.7 Å². The third-order valence-corrected chi connectivity index (χ3v) is 4.33. The molecule has 0 spiro atoms. The molecule has 1 aliphatic heterocycles. The second-order valence-corrected chi connectivity index (χ2v) is 5.95. The molecule has 0 amide bonds. The van der Waals surface area contributed by atoms with E-state index in [4.69, 9.17) is 0 Å². The molecule has 0 saturated heterocycles. The molecule has 2 aromatic carbocycles. The number of benzene rings is 2. The van der Waals surface area contributed by atoms with Crippen LogP contribution in [-0.2, 0) is 0 Å². The van der Waals surface area contributed by atoms with Crippen molar-refractivity contribution in [2.24, 2.45) is 0 Å². The molecule has 2 unspecified atom stereocenters. The maximum absolute atomic E-state index is 12.3. The van der Waals surface area contributed by atoms with Gasteiger partial charge in [0.15, 0.2) is 11.8 Å². The Kier molecular flexibility index (Phi) is 3.09. The van der Waals surface area contributed by atoms with Crippen LogP contribution in [0.1, 0.15) is 36.8 Å². The fraction of sp³-hybridized carbons (Fsp3) is 0.278. The van der Waals surface area contributed by atoms with Crippen molar-refractivity contribution in [1.82, 2.24) is 0 Å². The highest BCUT2D eigenvalue weighted by Crippen LogP contribution is 2.45. The first-order valence-electron chi connectivity index (χ1n) is 7.02. The fourth-order valence-electron chi connectivity index (χ4n) is 3.23. The van der Waals surface area contributed by atoms with Crippen LogP contribution in [0.3, 0.4) is 0 Å². The zero-order valence-electron chi connectivity index (χ0n) is 11.9. The van der Waals surface area contributed by atoms with E-state index >= 15 is 0 Å². The lowest BCUT2D eigenvalue weighted by Crippen LogP contribution is -2.35. The first-order chi connectivity index (χ1) is 9.60. The second kappa shape index (κ2) is 4.78. The molecule has 20 heavy (non-hydrogen) atoms. The molecular formula is C18H19NO. The smallest absolute Gasteiger partial charge is 0.174 e. The van der Waals surface area contributed by atoms with Gasteiger partial charge in [0, 0.05) is 13.8 Å². The van der Waals surface area contributed by atoms with Crippen LogP contribution in [0.25, 0.3) is 0 Å². The van der Waals surface area contributed by atoms with Crippen molar-refractivity contribution < 1.29 is 4.74 Å². The molecule has 3 rings (SSSR count). The van der Waals surface area contributed by atoms with E-state index < -0.39 is 5.54 Å². The number of hydrogen-bond acceptors (Lipinski definition) is 1. The highest BCUT2D eigenvalue weighted by atomic mass is 16.5. The molecule has 0 bridgehead atoms. The Balaban J connectivity index is 2.09. The molecule has 2 nitrogen and oxygen atoms in total. The lowest BCUT2D eigenvalue weighted by Gasteiger charge is -2.28. The van der Waals surface area contributed by atoms with Gasteiger partial charge in [-0.25, -0.2) is 4.74 Å². The van der Waals surface area contributed by atoms with Gasteiger partial charge in [0.1, 0.15) is 0 Å². The van der Waals surface area contributed by atoms with E-state index in [0.717, 1.165) is 4.74 Å².